The first-order chi connectivity index (χ1) is 9.72. The fourth-order valence-electron chi connectivity index (χ4n) is 2.31. The van der Waals surface area contributed by atoms with Crippen LogP contribution in [0.3, 0.4) is 0 Å². The number of rotatable bonds is 2. The minimum Gasteiger partial charge on any atom is -0.353 e. The van der Waals surface area contributed by atoms with Crippen LogP contribution < -0.4 is 9.80 Å². The number of anilines is 2. The Morgan fingerprint density at radius 2 is 1.10 bits per heavy atom. The van der Waals surface area contributed by atoms with E-state index < -0.39 is 0 Å². The highest BCUT2D eigenvalue weighted by atomic mass is 127. The van der Waals surface area contributed by atoms with E-state index in [9.17, 15) is 0 Å². The van der Waals surface area contributed by atoms with Crippen molar-refractivity contribution in [2.75, 3.05) is 36.0 Å². The molecule has 0 radical (unpaired) electrons. The molecule has 1 aliphatic rings. The van der Waals surface area contributed by atoms with Gasteiger partial charge in [-0.3, -0.25) is 0 Å². The molecule has 1 saturated heterocycles. The third-order valence-electron chi connectivity index (χ3n) is 3.33. The lowest BCUT2D eigenvalue weighted by molar-refractivity contribution is 0.641. The van der Waals surface area contributed by atoms with Crippen LogP contribution in [0.4, 0.5) is 11.6 Å². The summed E-state index contributed by atoms with van der Waals surface area (Å²) in [7, 11) is 0. The van der Waals surface area contributed by atoms with Crippen LogP contribution in [-0.4, -0.2) is 36.1 Å². The lowest BCUT2D eigenvalue weighted by Crippen LogP contribution is -2.47. The van der Waals surface area contributed by atoms with Crippen molar-refractivity contribution in [3.05, 3.63) is 43.8 Å². The Bertz CT molecular complexity index is 544. The van der Waals surface area contributed by atoms with Gasteiger partial charge in [0.2, 0.25) is 0 Å². The molecule has 3 heterocycles. The van der Waals surface area contributed by atoms with Crippen molar-refractivity contribution in [1.82, 2.24) is 9.97 Å². The van der Waals surface area contributed by atoms with Crippen LogP contribution in [0.15, 0.2) is 36.4 Å². The number of halogens is 2. The van der Waals surface area contributed by atoms with Gasteiger partial charge in [-0.05, 0) is 69.4 Å². The Balaban J connectivity index is 1.68. The summed E-state index contributed by atoms with van der Waals surface area (Å²) in [6, 6.07) is 12.4. The van der Waals surface area contributed by atoms with Gasteiger partial charge in [-0.25, -0.2) is 9.97 Å². The van der Waals surface area contributed by atoms with E-state index in [1.807, 2.05) is 12.1 Å². The molecule has 0 aromatic carbocycles. The van der Waals surface area contributed by atoms with Crippen molar-refractivity contribution >= 4 is 56.8 Å². The van der Waals surface area contributed by atoms with E-state index in [2.05, 4.69) is 89.2 Å². The fraction of sp³-hybridized carbons (Fsp3) is 0.286. The monoisotopic (exact) mass is 492 g/mol. The lowest BCUT2D eigenvalue weighted by Gasteiger charge is -2.36. The molecule has 1 aliphatic heterocycles. The summed E-state index contributed by atoms with van der Waals surface area (Å²) in [5.74, 6) is 2.15. The Morgan fingerprint density at radius 1 is 0.700 bits per heavy atom. The number of aromatic nitrogens is 2. The smallest absolute Gasteiger partial charge is 0.129 e. The van der Waals surface area contributed by atoms with Gasteiger partial charge in [0.1, 0.15) is 19.0 Å². The molecule has 0 saturated carbocycles. The zero-order valence-electron chi connectivity index (χ0n) is 10.8. The molecule has 0 amide bonds. The molecule has 4 nitrogen and oxygen atoms in total. The maximum absolute atomic E-state index is 4.59. The molecule has 2 aromatic heterocycles. The maximum atomic E-state index is 4.59. The minimum absolute atomic E-state index is 0.986. The second kappa shape index (κ2) is 6.42. The fourth-order valence-corrected chi connectivity index (χ4v) is 3.22. The van der Waals surface area contributed by atoms with E-state index in [1.165, 1.54) is 0 Å². The Morgan fingerprint density at radius 3 is 1.45 bits per heavy atom. The average Bonchev–Trinajstić information content (AvgIpc) is 2.47. The molecule has 104 valence electrons. The van der Waals surface area contributed by atoms with E-state index in [-0.39, 0.29) is 0 Å². The predicted octanol–water partition coefficient (Wildman–Crippen LogP) is 3.01. The van der Waals surface area contributed by atoms with Crippen LogP contribution in [0.2, 0.25) is 0 Å². The summed E-state index contributed by atoms with van der Waals surface area (Å²) in [5.41, 5.74) is 0. The predicted molar refractivity (Wildman–Crippen MR) is 98.3 cm³/mol. The van der Waals surface area contributed by atoms with Crippen LogP contribution in [0.5, 0.6) is 0 Å². The first-order valence-corrected chi connectivity index (χ1v) is 8.63. The topological polar surface area (TPSA) is 32.3 Å². The van der Waals surface area contributed by atoms with Gasteiger partial charge in [-0.2, -0.15) is 0 Å². The summed E-state index contributed by atoms with van der Waals surface area (Å²) in [4.78, 5) is 13.9. The number of pyridine rings is 2. The molecule has 1 fully saturated rings. The lowest BCUT2D eigenvalue weighted by atomic mass is 10.3. The van der Waals surface area contributed by atoms with Gasteiger partial charge >= 0.3 is 0 Å². The van der Waals surface area contributed by atoms with Gasteiger partial charge in [0, 0.05) is 26.2 Å². The molecule has 0 N–H and O–H groups in total. The Labute approximate surface area is 145 Å². The molecule has 0 aliphatic carbocycles. The molecule has 0 spiro atoms. The molecule has 6 heteroatoms. The minimum atomic E-state index is 0.986. The van der Waals surface area contributed by atoms with Gasteiger partial charge in [0.05, 0.1) is 0 Å². The van der Waals surface area contributed by atoms with Crippen LogP contribution in [-0.2, 0) is 0 Å². The molecule has 0 unspecified atom stereocenters. The molecule has 2 aromatic rings. The van der Waals surface area contributed by atoms with Gasteiger partial charge in [-0.1, -0.05) is 12.1 Å². The van der Waals surface area contributed by atoms with Crippen molar-refractivity contribution < 1.29 is 0 Å². The highest BCUT2D eigenvalue weighted by Crippen LogP contribution is 2.19. The summed E-state index contributed by atoms with van der Waals surface area (Å²) in [6.07, 6.45) is 0. The van der Waals surface area contributed by atoms with Crippen LogP contribution in [0.25, 0.3) is 0 Å². The van der Waals surface area contributed by atoms with Crippen molar-refractivity contribution in [2.45, 2.75) is 0 Å². The molecular formula is C14H14I2N4. The molecule has 0 bridgehead atoms. The summed E-state index contributed by atoms with van der Waals surface area (Å²) >= 11 is 4.52. The van der Waals surface area contributed by atoms with Gasteiger partial charge < -0.3 is 9.80 Å². The Hall–Kier alpha value is -0.640. The highest BCUT2D eigenvalue weighted by molar-refractivity contribution is 14.1. The summed E-state index contributed by atoms with van der Waals surface area (Å²) in [5, 5.41) is 0. The van der Waals surface area contributed by atoms with E-state index >= 15 is 0 Å². The quantitative estimate of drug-likeness (QED) is 0.477. The molecular weight excluding hydrogens is 478 g/mol. The van der Waals surface area contributed by atoms with Crippen molar-refractivity contribution in [3.63, 3.8) is 0 Å². The van der Waals surface area contributed by atoms with Crippen molar-refractivity contribution in [2.24, 2.45) is 0 Å². The summed E-state index contributed by atoms with van der Waals surface area (Å²) in [6.45, 7) is 3.95. The first kappa shape index (κ1) is 14.3. The number of hydrogen-bond acceptors (Lipinski definition) is 4. The number of hydrogen-bond donors (Lipinski definition) is 0. The second-order valence-electron chi connectivity index (χ2n) is 4.61. The van der Waals surface area contributed by atoms with Crippen LogP contribution >= 0.6 is 45.2 Å². The summed E-state index contributed by atoms with van der Waals surface area (Å²) < 4.78 is 2.09. The highest BCUT2D eigenvalue weighted by Gasteiger charge is 2.19. The van der Waals surface area contributed by atoms with E-state index in [0.29, 0.717) is 0 Å². The molecule has 3 rings (SSSR count). The van der Waals surface area contributed by atoms with Gasteiger partial charge in [-0.15, -0.1) is 0 Å². The number of nitrogens with zero attached hydrogens (tertiary/aromatic N) is 4. The Kier molecular flexibility index (Phi) is 4.59. The van der Waals surface area contributed by atoms with Crippen LogP contribution in [0, 0.1) is 7.40 Å². The SMILES string of the molecule is Ic1cccc(N2CCN(c3cccc(I)n3)CC2)n1. The molecule has 20 heavy (non-hydrogen) atoms. The van der Waals surface area contributed by atoms with Crippen molar-refractivity contribution in [3.8, 4) is 0 Å². The zero-order chi connectivity index (χ0) is 13.9. The van der Waals surface area contributed by atoms with E-state index in [1.54, 1.807) is 0 Å². The second-order valence-corrected chi connectivity index (χ2v) is 6.82. The zero-order valence-corrected chi connectivity index (χ0v) is 15.2. The van der Waals surface area contributed by atoms with Gasteiger partial charge in [0.25, 0.3) is 0 Å². The average molecular weight is 492 g/mol. The third-order valence-corrected chi connectivity index (χ3v) is 4.53. The van der Waals surface area contributed by atoms with Crippen molar-refractivity contribution in [1.29, 1.82) is 0 Å². The maximum Gasteiger partial charge on any atom is 0.129 e. The van der Waals surface area contributed by atoms with Crippen LogP contribution in [0.1, 0.15) is 0 Å². The van der Waals surface area contributed by atoms with E-state index in [4.69, 9.17) is 0 Å². The normalized spacial score (nSPS) is 15.5. The third kappa shape index (κ3) is 3.33. The first-order valence-electron chi connectivity index (χ1n) is 6.47. The largest absolute Gasteiger partial charge is 0.353 e. The number of piperazine rings is 1. The molecule has 0 atom stereocenters. The van der Waals surface area contributed by atoms with Gasteiger partial charge in [0.15, 0.2) is 0 Å². The van der Waals surface area contributed by atoms with E-state index in [0.717, 1.165) is 45.2 Å². The standard InChI is InChI=1S/C14H14I2N4/c15-11-3-1-5-13(17-11)19-7-9-20(10-8-19)14-6-2-4-12(16)18-14/h1-6H,7-10H2.